The maximum Gasteiger partial charge on any atom is 0.338 e. The molecule has 1 amide bonds. The summed E-state index contributed by atoms with van der Waals surface area (Å²) in [7, 11) is 1.57. The number of nitro benzene ring substituents is 1. The number of hydrogen-bond donors (Lipinski definition) is 2. The Morgan fingerprint density at radius 3 is 2.52 bits per heavy atom. The number of carboxylic acid groups (broad SMARTS) is 1. The molecule has 0 atom stereocenters. The number of carboxylic acids is 1. The molecule has 2 aromatic rings. The SMILES string of the molecule is COCCN(CCC#N)c1ccc(N=Nc2ccc([N+](=O)[O-])cc2C(=O)O)c(NC(C)=O)c1. The van der Waals surface area contributed by atoms with Crippen LogP contribution in [0.25, 0.3) is 0 Å². The van der Waals surface area contributed by atoms with Crippen molar-refractivity contribution in [3.8, 4) is 6.07 Å². The van der Waals surface area contributed by atoms with Crippen molar-refractivity contribution >= 4 is 40.3 Å². The van der Waals surface area contributed by atoms with Crippen molar-refractivity contribution in [2.24, 2.45) is 10.2 Å². The number of rotatable bonds is 11. The number of anilines is 2. The number of carbonyl (C=O) groups is 2. The molecule has 0 saturated heterocycles. The van der Waals surface area contributed by atoms with Crippen molar-refractivity contribution in [2.45, 2.75) is 13.3 Å². The fourth-order valence-corrected chi connectivity index (χ4v) is 2.86. The Kier molecular flexibility index (Phi) is 8.95. The Bertz CT molecular complexity index is 1110. The standard InChI is InChI=1S/C21H22N6O6/c1-14(28)23-20-13-15(26(9-3-8-22)10-11-33-2)4-7-19(20)25-24-18-6-5-16(27(31)32)12-17(18)21(29)30/h4-7,12-13H,3,9-11H2,1-2H3,(H,23,28)(H,29,30). The zero-order chi connectivity index (χ0) is 24.4. The molecule has 0 radical (unpaired) electrons. The molecule has 33 heavy (non-hydrogen) atoms. The van der Waals surface area contributed by atoms with Crippen LogP contribution in [-0.2, 0) is 9.53 Å². The van der Waals surface area contributed by atoms with E-state index in [0.29, 0.717) is 37.5 Å². The van der Waals surface area contributed by atoms with Gasteiger partial charge in [-0.1, -0.05) is 0 Å². The van der Waals surface area contributed by atoms with Crippen molar-refractivity contribution < 1.29 is 24.4 Å². The van der Waals surface area contributed by atoms with Gasteiger partial charge in [-0.25, -0.2) is 4.79 Å². The molecule has 2 N–H and O–H groups in total. The number of carbonyl (C=O) groups excluding carboxylic acids is 1. The van der Waals surface area contributed by atoms with Crippen LogP contribution >= 0.6 is 0 Å². The molecule has 172 valence electrons. The molecule has 12 heteroatoms. The lowest BCUT2D eigenvalue weighted by Crippen LogP contribution is -2.28. The van der Waals surface area contributed by atoms with E-state index in [-0.39, 0.29) is 28.5 Å². The van der Waals surface area contributed by atoms with Crippen LogP contribution in [0.4, 0.5) is 28.4 Å². The zero-order valence-electron chi connectivity index (χ0n) is 18.0. The van der Waals surface area contributed by atoms with Crippen molar-refractivity contribution in [2.75, 3.05) is 37.0 Å². The average molecular weight is 454 g/mol. The molecule has 2 aromatic carbocycles. The Morgan fingerprint density at radius 1 is 1.21 bits per heavy atom. The summed E-state index contributed by atoms with van der Waals surface area (Å²) in [6, 6.07) is 10.3. The second kappa shape index (κ2) is 11.9. The number of benzene rings is 2. The minimum atomic E-state index is -1.39. The minimum absolute atomic E-state index is 0.0818. The van der Waals surface area contributed by atoms with E-state index in [4.69, 9.17) is 10.00 Å². The van der Waals surface area contributed by atoms with Gasteiger partial charge in [0.25, 0.3) is 5.69 Å². The minimum Gasteiger partial charge on any atom is -0.478 e. The first-order valence-electron chi connectivity index (χ1n) is 9.72. The molecule has 0 spiro atoms. The summed E-state index contributed by atoms with van der Waals surface area (Å²) in [4.78, 5) is 35.3. The summed E-state index contributed by atoms with van der Waals surface area (Å²) >= 11 is 0. The second-order valence-electron chi connectivity index (χ2n) is 6.73. The summed E-state index contributed by atoms with van der Waals surface area (Å²) in [5, 5.41) is 39.8. The van der Waals surface area contributed by atoms with Crippen LogP contribution in [0.2, 0.25) is 0 Å². The van der Waals surface area contributed by atoms with Gasteiger partial charge in [0.15, 0.2) is 0 Å². The van der Waals surface area contributed by atoms with E-state index in [0.717, 1.165) is 12.1 Å². The van der Waals surface area contributed by atoms with E-state index in [9.17, 15) is 24.8 Å². The highest BCUT2D eigenvalue weighted by atomic mass is 16.6. The van der Waals surface area contributed by atoms with Gasteiger partial charge in [0, 0.05) is 44.9 Å². The molecular weight excluding hydrogens is 432 g/mol. The van der Waals surface area contributed by atoms with Crippen molar-refractivity contribution in [3.63, 3.8) is 0 Å². The van der Waals surface area contributed by atoms with E-state index < -0.39 is 10.9 Å². The number of azo groups is 1. The third-order valence-electron chi connectivity index (χ3n) is 4.40. The van der Waals surface area contributed by atoms with E-state index in [1.807, 2.05) is 4.90 Å². The fraction of sp³-hybridized carbons (Fsp3) is 0.286. The summed E-state index contributed by atoms with van der Waals surface area (Å²) in [5.41, 5.74) is 0.432. The molecule has 0 unspecified atom stereocenters. The van der Waals surface area contributed by atoms with E-state index in [2.05, 4.69) is 21.6 Å². The quantitative estimate of drug-likeness (QED) is 0.291. The number of nitrogens with zero attached hydrogens (tertiary/aromatic N) is 5. The van der Waals surface area contributed by atoms with Crippen LogP contribution in [0.3, 0.4) is 0 Å². The van der Waals surface area contributed by atoms with Crippen molar-refractivity contribution in [1.29, 1.82) is 5.26 Å². The summed E-state index contributed by atoms with van der Waals surface area (Å²) in [5.74, 6) is -1.75. The summed E-state index contributed by atoms with van der Waals surface area (Å²) < 4.78 is 5.12. The van der Waals surface area contributed by atoms with Crippen LogP contribution in [-0.4, -0.2) is 48.7 Å². The van der Waals surface area contributed by atoms with Gasteiger partial charge in [-0.15, -0.1) is 10.2 Å². The van der Waals surface area contributed by atoms with Crippen LogP contribution in [0.5, 0.6) is 0 Å². The Labute approximate surface area is 189 Å². The molecule has 0 aliphatic rings. The van der Waals surface area contributed by atoms with Gasteiger partial charge in [0.2, 0.25) is 5.91 Å². The highest BCUT2D eigenvalue weighted by Gasteiger charge is 2.16. The monoisotopic (exact) mass is 454 g/mol. The Morgan fingerprint density at radius 2 is 1.91 bits per heavy atom. The van der Waals surface area contributed by atoms with Gasteiger partial charge in [0.05, 0.1) is 35.3 Å². The van der Waals surface area contributed by atoms with Crippen LogP contribution in [0.1, 0.15) is 23.7 Å². The highest BCUT2D eigenvalue weighted by Crippen LogP contribution is 2.33. The Balaban J connectivity index is 2.44. The Hall–Kier alpha value is -4.37. The van der Waals surface area contributed by atoms with Crippen LogP contribution < -0.4 is 10.2 Å². The number of ether oxygens (including phenoxy) is 1. The van der Waals surface area contributed by atoms with Gasteiger partial charge in [-0.3, -0.25) is 14.9 Å². The molecular formula is C21H22N6O6. The summed E-state index contributed by atoms with van der Waals surface area (Å²) in [6.07, 6.45) is 0.290. The third kappa shape index (κ3) is 7.08. The molecule has 12 nitrogen and oxygen atoms in total. The van der Waals surface area contributed by atoms with Crippen molar-refractivity contribution in [1.82, 2.24) is 0 Å². The predicted octanol–water partition coefficient (Wildman–Crippen LogP) is 4.03. The van der Waals surface area contributed by atoms with Gasteiger partial charge >= 0.3 is 5.97 Å². The number of non-ortho nitro benzene ring substituents is 1. The normalized spacial score (nSPS) is 10.6. The molecule has 0 heterocycles. The maximum atomic E-state index is 11.7. The highest BCUT2D eigenvalue weighted by molar-refractivity contribution is 5.94. The van der Waals surface area contributed by atoms with Crippen LogP contribution in [0.15, 0.2) is 46.6 Å². The number of hydrogen-bond acceptors (Lipinski definition) is 9. The molecule has 0 aliphatic carbocycles. The molecule has 0 bridgehead atoms. The zero-order valence-corrected chi connectivity index (χ0v) is 18.0. The maximum absolute atomic E-state index is 11.7. The lowest BCUT2D eigenvalue weighted by molar-refractivity contribution is -0.384. The molecule has 0 aromatic heterocycles. The van der Waals surface area contributed by atoms with Gasteiger partial charge < -0.3 is 20.1 Å². The molecule has 2 rings (SSSR count). The number of nitriles is 1. The fourth-order valence-electron chi connectivity index (χ4n) is 2.86. The molecule has 0 aliphatic heterocycles. The van der Waals surface area contributed by atoms with Gasteiger partial charge in [-0.2, -0.15) is 5.26 Å². The third-order valence-corrected chi connectivity index (χ3v) is 4.40. The first kappa shape index (κ1) is 24.9. The number of nitrogens with one attached hydrogen (secondary N) is 1. The van der Waals surface area contributed by atoms with Gasteiger partial charge in [0.1, 0.15) is 11.4 Å². The largest absolute Gasteiger partial charge is 0.478 e. The molecule has 0 fully saturated rings. The first-order chi connectivity index (χ1) is 15.8. The lowest BCUT2D eigenvalue weighted by atomic mass is 10.1. The van der Waals surface area contributed by atoms with E-state index >= 15 is 0 Å². The predicted molar refractivity (Wildman–Crippen MR) is 119 cm³/mol. The number of amides is 1. The lowest BCUT2D eigenvalue weighted by Gasteiger charge is -2.24. The first-order valence-corrected chi connectivity index (χ1v) is 9.72. The topological polar surface area (TPSA) is 171 Å². The van der Waals surface area contributed by atoms with Crippen molar-refractivity contribution in [3.05, 3.63) is 52.1 Å². The number of methoxy groups -OCH3 is 1. The number of aromatic carboxylic acids is 1. The molecule has 0 saturated carbocycles. The average Bonchev–Trinajstić information content (AvgIpc) is 2.77. The summed E-state index contributed by atoms with van der Waals surface area (Å²) in [6.45, 7) is 2.72. The van der Waals surface area contributed by atoms with Gasteiger partial charge in [-0.05, 0) is 24.3 Å². The second-order valence-corrected chi connectivity index (χ2v) is 6.73. The number of nitro groups is 1. The van der Waals surface area contributed by atoms with E-state index in [1.54, 1.807) is 25.3 Å². The van der Waals surface area contributed by atoms with Crippen LogP contribution in [0, 0.1) is 21.4 Å². The van der Waals surface area contributed by atoms with E-state index in [1.165, 1.54) is 13.0 Å². The smallest absolute Gasteiger partial charge is 0.338 e.